The van der Waals surface area contributed by atoms with Gasteiger partial charge in [0.15, 0.2) is 0 Å². The van der Waals surface area contributed by atoms with Crippen LogP contribution in [-0.4, -0.2) is 64.7 Å². The number of hydrogen-bond donors (Lipinski definition) is 5. The molecule has 5 N–H and O–H groups in total. The molecule has 244 valence electrons. The van der Waals surface area contributed by atoms with Crippen molar-refractivity contribution in [3.05, 3.63) is 89.5 Å². The Morgan fingerprint density at radius 1 is 1.00 bits per heavy atom. The molecule has 46 heavy (non-hydrogen) atoms. The number of amides is 3. The van der Waals surface area contributed by atoms with E-state index in [1.54, 1.807) is 24.0 Å². The lowest BCUT2D eigenvalue weighted by molar-refractivity contribution is -0.137. The summed E-state index contributed by atoms with van der Waals surface area (Å²) in [4.78, 5) is 52.5. The van der Waals surface area contributed by atoms with Gasteiger partial charge < -0.3 is 31.1 Å². The van der Waals surface area contributed by atoms with Gasteiger partial charge in [-0.3, -0.25) is 19.2 Å². The Labute approximate surface area is 270 Å². The zero-order valence-corrected chi connectivity index (χ0v) is 26.7. The Kier molecular flexibility index (Phi) is 11.7. The number of fused-ring (bicyclic) bond motifs is 1. The van der Waals surface area contributed by atoms with Crippen LogP contribution in [0.5, 0.6) is 0 Å². The van der Waals surface area contributed by atoms with Crippen LogP contribution in [0.25, 0.3) is 11.1 Å². The standard InChI is InChI=1S/C36H44N4O6/c1-24(41)22-38-36(2,3)21-32(42)39-30-19-18-27-9-4-7-12-31(27)40(35(30)46)23-25-14-16-26(17-15-25)28-10-5-6-11-29(28)34(45)37-20-8-13-33(43)44/h4-7,9-12,14-17,24,30,38,41H,8,13,18-23H2,1-3H3,(H,37,45)(H,39,42)(H,43,44)/t24-,30-/m1/s1. The molecule has 3 amide bonds. The van der Waals surface area contributed by atoms with Crippen LogP contribution in [0, 0.1) is 0 Å². The first kappa shape index (κ1) is 34.3. The van der Waals surface area contributed by atoms with Crippen molar-refractivity contribution in [2.24, 2.45) is 0 Å². The topological polar surface area (TPSA) is 148 Å². The van der Waals surface area contributed by atoms with E-state index in [-0.39, 0.29) is 37.1 Å². The number of carbonyl (C=O) groups is 4. The van der Waals surface area contributed by atoms with Crippen LogP contribution in [0.15, 0.2) is 72.8 Å². The lowest BCUT2D eigenvalue weighted by Crippen LogP contribution is -2.51. The van der Waals surface area contributed by atoms with E-state index < -0.39 is 23.7 Å². The predicted molar refractivity (Wildman–Crippen MR) is 177 cm³/mol. The number of rotatable bonds is 14. The third-order valence-corrected chi connectivity index (χ3v) is 7.99. The Hall–Kier alpha value is -4.54. The SMILES string of the molecule is C[C@@H](O)CNC(C)(C)CC(=O)N[C@@H]1CCc2ccccc2N(Cc2ccc(-c3ccccc3C(=O)NCCCC(=O)O)cc2)C1=O. The quantitative estimate of drug-likeness (QED) is 0.169. The average molecular weight is 629 g/mol. The van der Waals surface area contributed by atoms with Gasteiger partial charge in [-0.05, 0) is 74.4 Å². The number of aliphatic carboxylic acids is 1. The number of para-hydroxylation sites is 1. The Morgan fingerprint density at radius 2 is 1.70 bits per heavy atom. The van der Waals surface area contributed by atoms with E-state index in [1.807, 2.05) is 74.5 Å². The first-order valence-electron chi connectivity index (χ1n) is 15.7. The van der Waals surface area contributed by atoms with E-state index >= 15 is 0 Å². The zero-order valence-electron chi connectivity index (χ0n) is 26.7. The van der Waals surface area contributed by atoms with E-state index in [0.29, 0.717) is 37.9 Å². The van der Waals surface area contributed by atoms with Crippen molar-refractivity contribution in [3.63, 3.8) is 0 Å². The number of nitrogens with zero attached hydrogens (tertiary/aromatic N) is 1. The molecule has 10 nitrogen and oxygen atoms in total. The number of hydrogen-bond acceptors (Lipinski definition) is 6. The third-order valence-electron chi connectivity index (χ3n) is 7.99. The number of nitrogens with one attached hydrogen (secondary N) is 3. The van der Waals surface area contributed by atoms with Crippen molar-refractivity contribution in [3.8, 4) is 11.1 Å². The maximum atomic E-state index is 14.0. The second kappa shape index (κ2) is 15.6. The first-order chi connectivity index (χ1) is 21.9. The molecule has 2 atom stereocenters. The highest BCUT2D eigenvalue weighted by Gasteiger charge is 2.32. The summed E-state index contributed by atoms with van der Waals surface area (Å²) >= 11 is 0. The van der Waals surface area contributed by atoms with Gasteiger partial charge >= 0.3 is 5.97 Å². The summed E-state index contributed by atoms with van der Waals surface area (Å²) in [5.41, 5.74) is 4.25. The summed E-state index contributed by atoms with van der Waals surface area (Å²) in [6, 6.07) is 22.1. The number of carboxylic acid groups (broad SMARTS) is 1. The average Bonchev–Trinajstić information content (AvgIpc) is 3.14. The number of carbonyl (C=O) groups excluding carboxylic acids is 3. The second-order valence-corrected chi connectivity index (χ2v) is 12.5. The van der Waals surface area contributed by atoms with Gasteiger partial charge in [0.1, 0.15) is 6.04 Å². The minimum Gasteiger partial charge on any atom is -0.481 e. The van der Waals surface area contributed by atoms with Crippen molar-refractivity contribution >= 4 is 29.4 Å². The van der Waals surface area contributed by atoms with Crippen molar-refractivity contribution < 1.29 is 29.4 Å². The smallest absolute Gasteiger partial charge is 0.303 e. The second-order valence-electron chi connectivity index (χ2n) is 12.5. The van der Waals surface area contributed by atoms with Crippen LogP contribution in [-0.2, 0) is 27.3 Å². The molecular weight excluding hydrogens is 584 g/mol. The number of benzene rings is 3. The van der Waals surface area contributed by atoms with Crippen LogP contribution in [0.2, 0.25) is 0 Å². The van der Waals surface area contributed by atoms with Gasteiger partial charge in [-0.25, -0.2) is 0 Å². The van der Waals surface area contributed by atoms with Gasteiger partial charge in [0.2, 0.25) is 11.8 Å². The molecule has 1 aliphatic rings. The molecule has 0 radical (unpaired) electrons. The summed E-state index contributed by atoms with van der Waals surface area (Å²) < 4.78 is 0. The van der Waals surface area contributed by atoms with Gasteiger partial charge in [0.05, 0.1) is 12.6 Å². The normalized spacial score (nSPS) is 15.4. The van der Waals surface area contributed by atoms with Gasteiger partial charge in [-0.1, -0.05) is 60.7 Å². The number of anilines is 1. The molecule has 0 saturated heterocycles. The number of aliphatic hydroxyl groups excluding tert-OH is 1. The van der Waals surface area contributed by atoms with Crippen LogP contribution < -0.4 is 20.9 Å². The molecule has 10 heteroatoms. The van der Waals surface area contributed by atoms with Crippen molar-refractivity contribution in [2.45, 2.75) is 77.1 Å². The van der Waals surface area contributed by atoms with E-state index in [2.05, 4.69) is 16.0 Å². The summed E-state index contributed by atoms with van der Waals surface area (Å²) in [5.74, 6) is -1.59. The van der Waals surface area contributed by atoms with Crippen LogP contribution in [0.3, 0.4) is 0 Å². The fourth-order valence-corrected chi connectivity index (χ4v) is 5.59. The van der Waals surface area contributed by atoms with Crippen LogP contribution in [0.4, 0.5) is 5.69 Å². The lowest BCUT2D eigenvalue weighted by atomic mass is 9.98. The molecule has 0 aliphatic carbocycles. The molecule has 3 aromatic carbocycles. The molecular formula is C36H44N4O6. The van der Waals surface area contributed by atoms with E-state index in [1.165, 1.54) is 0 Å². The number of aliphatic hydroxyl groups is 1. The third kappa shape index (κ3) is 9.48. The van der Waals surface area contributed by atoms with Gasteiger partial charge in [-0.15, -0.1) is 0 Å². The minimum absolute atomic E-state index is 0.0129. The molecule has 0 aromatic heterocycles. The Morgan fingerprint density at radius 3 is 2.41 bits per heavy atom. The number of β-amino-alcohol motifs (C(OH)–C–C–N with tert-alkyl or cyclic N) is 1. The monoisotopic (exact) mass is 628 g/mol. The largest absolute Gasteiger partial charge is 0.481 e. The summed E-state index contributed by atoms with van der Waals surface area (Å²) in [7, 11) is 0. The molecule has 1 heterocycles. The highest BCUT2D eigenvalue weighted by molar-refractivity contribution is 6.01. The van der Waals surface area contributed by atoms with Crippen molar-refractivity contribution in [1.82, 2.24) is 16.0 Å². The van der Waals surface area contributed by atoms with Crippen LogP contribution >= 0.6 is 0 Å². The van der Waals surface area contributed by atoms with Gasteiger partial charge in [0.25, 0.3) is 5.91 Å². The maximum absolute atomic E-state index is 14.0. The zero-order chi connectivity index (χ0) is 33.3. The summed E-state index contributed by atoms with van der Waals surface area (Å²) in [6.07, 6.45) is 1.07. The fraction of sp³-hybridized carbons (Fsp3) is 0.389. The molecule has 4 rings (SSSR count). The number of carboxylic acids is 1. The molecule has 1 aliphatic heterocycles. The highest BCUT2D eigenvalue weighted by atomic mass is 16.4. The number of aryl methyl sites for hydroxylation is 1. The molecule has 3 aromatic rings. The van der Waals surface area contributed by atoms with Gasteiger partial charge in [-0.2, -0.15) is 0 Å². The Bertz CT molecular complexity index is 1540. The Balaban J connectivity index is 1.49. The van der Waals surface area contributed by atoms with Crippen molar-refractivity contribution in [2.75, 3.05) is 18.0 Å². The highest BCUT2D eigenvalue weighted by Crippen LogP contribution is 2.30. The maximum Gasteiger partial charge on any atom is 0.303 e. The first-order valence-corrected chi connectivity index (χ1v) is 15.7. The van der Waals surface area contributed by atoms with E-state index in [4.69, 9.17) is 5.11 Å². The minimum atomic E-state index is -0.901. The lowest BCUT2D eigenvalue weighted by Gasteiger charge is -2.29. The van der Waals surface area contributed by atoms with E-state index in [9.17, 15) is 24.3 Å². The molecule has 0 unspecified atom stereocenters. The summed E-state index contributed by atoms with van der Waals surface area (Å²) in [6.45, 7) is 6.39. The fourth-order valence-electron chi connectivity index (χ4n) is 5.59. The van der Waals surface area contributed by atoms with Gasteiger partial charge in [0, 0.05) is 42.7 Å². The van der Waals surface area contributed by atoms with Crippen molar-refractivity contribution in [1.29, 1.82) is 0 Å². The molecule has 0 saturated carbocycles. The molecule has 0 spiro atoms. The summed E-state index contributed by atoms with van der Waals surface area (Å²) in [5, 5.41) is 27.4. The molecule has 0 bridgehead atoms. The predicted octanol–water partition coefficient (Wildman–Crippen LogP) is 4.05. The van der Waals surface area contributed by atoms with E-state index in [0.717, 1.165) is 27.9 Å². The van der Waals surface area contributed by atoms with Crippen LogP contribution in [0.1, 0.15) is 67.9 Å². The molecule has 0 fully saturated rings.